The number of halogens is 2. The van der Waals surface area contributed by atoms with Crippen molar-refractivity contribution in [3.05, 3.63) is 57.3 Å². The van der Waals surface area contributed by atoms with Gasteiger partial charge in [0.15, 0.2) is 0 Å². The number of carbonyl (C=O) groups is 2. The third kappa shape index (κ3) is 4.27. The van der Waals surface area contributed by atoms with Crippen molar-refractivity contribution in [2.45, 2.75) is 6.42 Å². The van der Waals surface area contributed by atoms with Crippen LogP contribution in [0.4, 0.5) is 5.69 Å². The van der Waals surface area contributed by atoms with Crippen LogP contribution in [0.25, 0.3) is 0 Å². The summed E-state index contributed by atoms with van der Waals surface area (Å²) in [4.78, 5) is 26.6. The van der Waals surface area contributed by atoms with Crippen LogP contribution in [0, 0.1) is 0 Å². The quantitative estimate of drug-likeness (QED) is 0.810. The Kier molecular flexibility index (Phi) is 4.93. The Morgan fingerprint density at radius 2 is 1.95 bits per heavy atom. The number of rotatable bonds is 4. The zero-order valence-electron chi connectivity index (χ0n) is 10.6. The minimum atomic E-state index is -0.904. The van der Waals surface area contributed by atoms with Gasteiger partial charge in [-0.3, -0.25) is 9.59 Å². The van der Waals surface area contributed by atoms with Crippen molar-refractivity contribution in [3.8, 4) is 0 Å². The van der Waals surface area contributed by atoms with E-state index in [0.29, 0.717) is 15.7 Å². The molecule has 0 unspecified atom stereocenters. The number of carboxylic acid groups (broad SMARTS) is 1. The van der Waals surface area contributed by atoms with E-state index < -0.39 is 5.97 Å². The number of aliphatic carboxylic acids is 1. The molecular formula is C14H10BrClN2O3. The first-order valence-electron chi connectivity index (χ1n) is 5.89. The van der Waals surface area contributed by atoms with Crippen LogP contribution >= 0.6 is 27.5 Å². The molecule has 0 atom stereocenters. The number of hydrogen-bond donors (Lipinski definition) is 2. The van der Waals surface area contributed by atoms with Gasteiger partial charge in [-0.2, -0.15) is 0 Å². The number of anilines is 1. The molecule has 21 heavy (non-hydrogen) atoms. The summed E-state index contributed by atoms with van der Waals surface area (Å²) in [7, 11) is 0. The Balaban J connectivity index is 2.12. The fourth-order valence-corrected chi connectivity index (χ4v) is 2.18. The Hall–Kier alpha value is -1.92. The van der Waals surface area contributed by atoms with E-state index in [1.165, 1.54) is 6.20 Å². The standard InChI is InChI=1S/C14H10BrClN2O3/c15-9-6-11(13(16)17-7-9)14(21)18-10-3-1-8(2-4-10)5-12(19)20/h1-4,6-7H,5H2,(H,18,21)(H,19,20). The minimum Gasteiger partial charge on any atom is -0.481 e. The normalized spacial score (nSPS) is 10.2. The van der Waals surface area contributed by atoms with Crippen LogP contribution in [-0.2, 0) is 11.2 Å². The Morgan fingerprint density at radius 3 is 2.57 bits per heavy atom. The molecule has 0 aliphatic carbocycles. The largest absolute Gasteiger partial charge is 0.481 e. The first kappa shape index (κ1) is 15.5. The molecule has 0 saturated heterocycles. The molecule has 5 nitrogen and oxygen atoms in total. The summed E-state index contributed by atoms with van der Waals surface area (Å²) in [5.41, 5.74) is 1.45. The molecule has 108 valence electrons. The number of carboxylic acids is 1. The van der Waals surface area contributed by atoms with Gasteiger partial charge in [0.05, 0.1) is 12.0 Å². The van der Waals surface area contributed by atoms with Crippen LogP contribution in [0.5, 0.6) is 0 Å². The molecule has 7 heteroatoms. The van der Waals surface area contributed by atoms with Crippen molar-refractivity contribution in [1.29, 1.82) is 0 Å². The third-order valence-corrected chi connectivity index (χ3v) is 3.35. The van der Waals surface area contributed by atoms with Crippen LogP contribution in [0.2, 0.25) is 5.15 Å². The van der Waals surface area contributed by atoms with Gasteiger partial charge in [0.1, 0.15) is 5.15 Å². The Labute approximate surface area is 134 Å². The zero-order chi connectivity index (χ0) is 15.4. The summed E-state index contributed by atoms with van der Waals surface area (Å²) in [6.45, 7) is 0. The number of hydrogen-bond acceptors (Lipinski definition) is 3. The van der Waals surface area contributed by atoms with Crippen LogP contribution in [0.1, 0.15) is 15.9 Å². The van der Waals surface area contributed by atoms with E-state index in [2.05, 4.69) is 26.2 Å². The summed E-state index contributed by atoms with van der Waals surface area (Å²) >= 11 is 9.11. The molecule has 2 N–H and O–H groups in total. The molecule has 0 fully saturated rings. The van der Waals surface area contributed by atoms with E-state index in [1.807, 2.05) is 0 Å². The van der Waals surface area contributed by atoms with E-state index >= 15 is 0 Å². The maximum atomic E-state index is 12.1. The smallest absolute Gasteiger partial charge is 0.307 e. The summed E-state index contributed by atoms with van der Waals surface area (Å²) in [5, 5.41) is 11.5. The lowest BCUT2D eigenvalue weighted by Gasteiger charge is -2.07. The number of pyridine rings is 1. The summed E-state index contributed by atoms with van der Waals surface area (Å²) in [6, 6.07) is 8.13. The molecule has 1 amide bonds. The highest BCUT2D eigenvalue weighted by molar-refractivity contribution is 9.10. The minimum absolute atomic E-state index is 0.0599. The Bertz CT molecular complexity index is 689. The van der Waals surface area contributed by atoms with E-state index in [1.54, 1.807) is 30.3 Å². The molecule has 0 radical (unpaired) electrons. The second kappa shape index (κ2) is 6.69. The van der Waals surface area contributed by atoms with Gasteiger partial charge in [-0.25, -0.2) is 4.98 Å². The second-order valence-corrected chi connectivity index (χ2v) is 5.49. The summed E-state index contributed by atoms with van der Waals surface area (Å²) in [6.07, 6.45) is 1.44. The van der Waals surface area contributed by atoms with Gasteiger partial charge in [0.25, 0.3) is 5.91 Å². The van der Waals surface area contributed by atoms with Gasteiger partial charge < -0.3 is 10.4 Å². The maximum Gasteiger partial charge on any atom is 0.307 e. The number of nitrogens with zero attached hydrogens (tertiary/aromatic N) is 1. The summed E-state index contributed by atoms with van der Waals surface area (Å²) < 4.78 is 0.647. The van der Waals surface area contributed by atoms with Gasteiger partial charge >= 0.3 is 5.97 Å². The highest BCUT2D eigenvalue weighted by Crippen LogP contribution is 2.20. The lowest BCUT2D eigenvalue weighted by molar-refractivity contribution is -0.136. The zero-order valence-corrected chi connectivity index (χ0v) is 13.0. The molecule has 1 heterocycles. The van der Waals surface area contributed by atoms with Crippen LogP contribution in [-0.4, -0.2) is 22.0 Å². The SMILES string of the molecule is O=C(O)Cc1ccc(NC(=O)c2cc(Br)cnc2Cl)cc1. The highest BCUT2D eigenvalue weighted by atomic mass is 79.9. The number of nitrogens with one attached hydrogen (secondary N) is 1. The van der Waals surface area contributed by atoms with Crippen molar-refractivity contribution < 1.29 is 14.7 Å². The molecule has 2 aromatic rings. The second-order valence-electron chi connectivity index (χ2n) is 4.21. The molecule has 1 aromatic heterocycles. The lowest BCUT2D eigenvalue weighted by Crippen LogP contribution is -2.13. The highest BCUT2D eigenvalue weighted by Gasteiger charge is 2.12. The number of aromatic nitrogens is 1. The van der Waals surface area contributed by atoms with Crippen molar-refractivity contribution in [1.82, 2.24) is 4.98 Å². The lowest BCUT2D eigenvalue weighted by atomic mass is 10.1. The maximum absolute atomic E-state index is 12.1. The molecule has 0 saturated carbocycles. The molecule has 0 bridgehead atoms. The fourth-order valence-electron chi connectivity index (χ4n) is 1.66. The first-order chi connectivity index (χ1) is 9.95. The monoisotopic (exact) mass is 368 g/mol. The molecule has 0 aliphatic heterocycles. The molecule has 2 rings (SSSR count). The van der Waals surface area contributed by atoms with Crippen molar-refractivity contribution in [3.63, 3.8) is 0 Å². The van der Waals surface area contributed by atoms with E-state index in [0.717, 1.165) is 0 Å². The number of amides is 1. The molecule has 1 aromatic carbocycles. The molecular weight excluding hydrogens is 360 g/mol. The topological polar surface area (TPSA) is 79.3 Å². The van der Waals surface area contributed by atoms with Gasteiger partial charge in [0.2, 0.25) is 0 Å². The van der Waals surface area contributed by atoms with Crippen molar-refractivity contribution >= 4 is 45.1 Å². The van der Waals surface area contributed by atoms with Gasteiger partial charge in [-0.1, -0.05) is 23.7 Å². The van der Waals surface area contributed by atoms with Crippen LogP contribution in [0.15, 0.2) is 41.0 Å². The fraction of sp³-hybridized carbons (Fsp3) is 0.0714. The first-order valence-corrected chi connectivity index (χ1v) is 7.06. The number of carbonyl (C=O) groups excluding carboxylic acids is 1. The van der Waals surface area contributed by atoms with E-state index in [-0.39, 0.29) is 23.0 Å². The van der Waals surface area contributed by atoms with E-state index in [4.69, 9.17) is 16.7 Å². The average Bonchev–Trinajstić information content (AvgIpc) is 2.43. The third-order valence-electron chi connectivity index (χ3n) is 2.62. The predicted molar refractivity (Wildman–Crippen MR) is 82.7 cm³/mol. The van der Waals surface area contributed by atoms with Gasteiger partial charge in [0, 0.05) is 16.4 Å². The van der Waals surface area contributed by atoms with Crippen molar-refractivity contribution in [2.24, 2.45) is 0 Å². The van der Waals surface area contributed by atoms with Crippen LogP contribution < -0.4 is 5.32 Å². The Morgan fingerprint density at radius 1 is 1.29 bits per heavy atom. The average molecular weight is 370 g/mol. The predicted octanol–water partition coefficient (Wildman–Crippen LogP) is 3.38. The van der Waals surface area contributed by atoms with Crippen LogP contribution in [0.3, 0.4) is 0 Å². The molecule has 0 spiro atoms. The number of benzene rings is 1. The van der Waals surface area contributed by atoms with Gasteiger partial charge in [-0.05, 0) is 39.7 Å². The van der Waals surface area contributed by atoms with Crippen molar-refractivity contribution in [2.75, 3.05) is 5.32 Å². The van der Waals surface area contributed by atoms with Gasteiger partial charge in [-0.15, -0.1) is 0 Å². The summed E-state index contributed by atoms with van der Waals surface area (Å²) in [5.74, 6) is -1.29. The molecule has 0 aliphatic rings. The van der Waals surface area contributed by atoms with E-state index in [9.17, 15) is 9.59 Å².